The van der Waals surface area contributed by atoms with Crippen LogP contribution in [0.3, 0.4) is 0 Å². The van der Waals surface area contributed by atoms with Gasteiger partial charge in [-0.3, -0.25) is 0 Å². The highest BCUT2D eigenvalue weighted by Gasteiger charge is 2.18. The number of nitrogens with one attached hydrogen (secondary N) is 2. The van der Waals surface area contributed by atoms with Gasteiger partial charge in [-0.05, 0) is 32.0 Å². The fraction of sp³-hybridized carbons (Fsp3) is 0.300. The molecule has 0 heterocycles. The highest BCUT2D eigenvalue weighted by Crippen LogP contribution is 2.24. The number of benzene rings is 1. The van der Waals surface area contributed by atoms with Crippen molar-refractivity contribution >= 4 is 44.9 Å². The van der Waals surface area contributed by atoms with Crippen LogP contribution in [-0.4, -0.2) is 19.7 Å². The van der Waals surface area contributed by atoms with Gasteiger partial charge in [-0.25, -0.2) is 17.9 Å². The number of carbonyl (C=O) groups is 1. The summed E-state index contributed by atoms with van der Waals surface area (Å²) in [5, 5.41) is 2.26. The van der Waals surface area contributed by atoms with Crippen molar-refractivity contribution in [3.05, 3.63) is 28.2 Å². The maximum absolute atomic E-state index is 11.5. The van der Waals surface area contributed by atoms with E-state index in [1.165, 1.54) is 32.0 Å². The van der Waals surface area contributed by atoms with Gasteiger partial charge in [0, 0.05) is 5.69 Å². The largest absolute Gasteiger partial charge is 0.332 e. The Balaban J connectivity index is 2.74. The van der Waals surface area contributed by atoms with Gasteiger partial charge < -0.3 is 5.32 Å². The maximum atomic E-state index is 11.5. The van der Waals surface area contributed by atoms with E-state index >= 15 is 0 Å². The molecule has 0 aliphatic rings. The molecule has 8 heteroatoms. The fourth-order valence-corrected chi connectivity index (χ4v) is 1.82. The van der Waals surface area contributed by atoms with Crippen molar-refractivity contribution in [3.63, 3.8) is 0 Å². The molecule has 0 bridgehead atoms. The second-order valence-corrected chi connectivity index (χ2v) is 6.83. The molecule has 0 spiro atoms. The third kappa shape index (κ3) is 4.04. The Morgan fingerprint density at radius 2 is 1.83 bits per heavy atom. The van der Waals surface area contributed by atoms with Gasteiger partial charge in [0.15, 0.2) is 0 Å². The first-order chi connectivity index (χ1) is 8.22. The first-order valence-corrected chi connectivity index (χ1v) is 7.30. The van der Waals surface area contributed by atoms with Crippen molar-refractivity contribution in [2.75, 3.05) is 5.32 Å². The molecule has 100 valence electrons. The lowest BCUT2D eigenvalue weighted by Gasteiger charge is -2.11. The Hall–Kier alpha value is -0.980. The van der Waals surface area contributed by atoms with Gasteiger partial charge in [-0.1, -0.05) is 23.2 Å². The molecule has 18 heavy (non-hydrogen) atoms. The van der Waals surface area contributed by atoms with Crippen molar-refractivity contribution in [2.24, 2.45) is 0 Å². The maximum Gasteiger partial charge on any atom is 0.332 e. The Morgan fingerprint density at radius 1 is 1.22 bits per heavy atom. The molecule has 5 nitrogen and oxygen atoms in total. The lowest BCUT2D eigenvalue weighted by Crippen LogP contribution is -2.38. The molecule has 0 saturated heterocycles. The summed E-state index contributed by atoms with van der Waals surface area (Å²) in [5.74, 6) is 0. The molecular formula is C10H12Cl2N2O3S. The summed E-state index contributed by atoms with van der Waals surface area (Å²) in [6.07, 6.45) is 0. The van der Waals surface area contributed by atoms with Crippen LogP contribution in [0.15, 0.2) is 18.2 Å². The molecule has 1 aromatic rings. The number of hydrogen-bond donors (Lipinski definition) is 2. The van der Waals surface area contributed by atoms with E-state index in [0.717, 1.165) is 0 Å². The highest BCUT2D eigenvalue weighted by molar-refractivity contribution is 7.90. The lowest BCUT2D eigenvalue weighted by molar-refractivity contribution is 0.256. The van der Waals surface area contributed by atoms with Gasteiger partial charge in [-0.2, -0.15) is 0 Å². The second-order valence-electron chi connectivity index (χ2n) is 3.78. The van der Waals surface area contributed by atoms with Crippen LogP contribution in [0.25, 0.3) is 0 Å². The molecular weight excluding hydrogens is 299 g/mol. The highest BCUT2D eigenvalue weighted by atomic mass is 35.5. The third-order valence-corrected chi connectivity index (χ3v) is 4.48. The molecule has 0 fully saturated rings. The van der Waals surface area contributed by atoms with Gasteiger partial charge >= 0.3 is 6.03 Å². The zero-order chi connectivity index (χ0) is 13.9. The van der Waals surface area contributed by atoms with Crippen molar-refractivity contribution < 1.29 is 13.2 Å². The summed E-state index contributed by atoms with van der Waals surface area (Å²) >= 11 is 11.5. The molecule has 0 aliphatic carbocycles. The minimum absolute atomic E-state index is 0.265. The van der Waals surface area contributed by atoms with Crippen LogP contribution >= 0.6 is 23.2 Å². The van der Waals surface area contributed by atoms with Crippen molar-refractivity contribution in [2.45, 2.75) is 19.1 Å². The van der Waals surface area contributed by atoms with Crippen molar-refractivity contribution in [1.82, 2.24) is 4.72 Å². The molecule has 0 aliphatic heterocycles. The van der Waals surface area contributed by atoms with Crippen LogP contribution < -0.4 is 10.0 Å². The van der Waals surface area contributed by atoms with Crippen LogP contribution in [0, 0.1) is 0 Å². The normalized spacial score (nSPS) is 11.4. The number of sulfonamides is 1. The van der Waals surface area contributed by atoms with Gasteiger partial charge in [0.05, 0.1) is 15.3 Å². The average Bonchev–Trinajstić information content (AvgIpc) is 2.22. The van der Waals surface area contributed by atoms with Crippen molar-refractivity contribution in [3.8, 4) is 0 Å². The number of rotatable bonds is 3. The number of anilines is 1. The van der Waals surface area contributed by atoms with E-state index in [9.17, 15) is 13.2 Å². The summed E-state index contributed by atoms with van der Waals surface area (Å²) in [4.78, 5) is 11.5. The monoisotopic (exact) mass is 310 g/mol. The minimum Gasteiger partial charge on any atom is -0.307 e. The first kappa shape index (κ1) is 15.1. The second kappa shape index (κ2) is 5.77. The summed E-state index contributed by atoms with van der Waals surface area (Å²) in [5.41, 5.74) is 0.348. The van der Waals surface area contributed by atoms with E-state index in [1.54, 1.807) is 0 Å². The van der Waals surface area contributed by atoms with Gasteiger partial charge in [0.1, 0.15) is 0 Å². The van der Waals surface area contributed by atoms with E-state index in [1.807, 2.05) is 4.72 Å². The summed E-state index contributed by atoms with van der Waals surface area (Å²) in [6.45, 7) is 2.93. The molecule has 2 N–H and O–H groups in total. The van der Waals surface area contributed by atoms with Gasteiger partial charge in [0.2, 0.25) is 10.0 Å². The molecule has 0 radical (unpaired) electrons. The molecule has 2 amide bonds. The molecule has 0 unspecified atom stereocenters. The zero-order valence-electron chi connectivity index (χ0n) is 9.70. The van der Waals surface area contributed by atoms with Crippen LogP contribution in [-0.2, 0) is 10.0 Å². The minimum atomic E-state index is -3.66. The molecule has 1 aromatic carbocycles. The van der Waals surface area contributed by atoms with E-state index < -0.39 is 21.3 Å². The van der Waals surface area contributed by atoms with Crippen LogP contribution in [0.1, 0.15) is 13.8 Å². The predicted molar refractivity (Wildman–Crippen MR) is 72.7 cm³/mol. The zero-order valence-corrected chi connectivity index (χ0v) is 12.0. The van der Waals surface area contributed by atoms with Crippen molar-refractivity contribution in [1.29, 1.82) is 0 Å². The number of hydrogen-bond acceptors (Lipinski definition) is 3. The van der Waals surface area contributed by atoms with E-state index in [-0.39, 0.29) is 5.02 Å². The Morgan fingerprint density at radius 3 is 2.33 bits per heavy atom. The number of amides is 2. The van der Waals surface area contributed by atoms with Gasteiger partial charge in [0.25, 0.3) is 0 Å². The SMILES string of the molecule is CC(C)S(=O)(=O)NC(=O)Nc1ccc(Cl)c(Cl)c1. The van der Waals surface area contributed by atoms with Gasteiger partial charge in [-0.15, -0.1) is 0 Å². The Kier molecular flexibility index (Phi) is 4.84. The average molecular weight is 311 g/mol. The number of halogens is 2. The van der Waals surface area contributed by atoms with Crippen LogP contribution in [0.5, 0.6) is 0 Å². The van der Waals surface area contributed by atoms with E-state index in [4.69, 9.17) is 23.2 Å². The molecule has 1 rings (SSSR count). The van der Waals surface area contributed by atoms with E-state index in [0.29, 0.717) is 10.7 Å². The predicted octanol–water partition coefficient (Wildman–Crippen LogP) is 2.85. The summed E-state index contributed by atoms with van der Waals surface area (Å²) < 4.78 is 24.8. The Labute approximate surface area is 116 Å². The first-order valence-electron chi connectivity index (χ1n) is 5.00. The number of urea groups is 1. The molecule has 0 aromatic heterocycles. The smallest absolute Gasteiger partial charge is 0.307 e. The quantitative estimate of drug-likeness (QED) is 0.901. The third-order valence-electron chi connectivity index (χ3n) is 2.03. The van der Waals surface area contributed by atoms with Crippen LogP contribution in [0.4, 0.5) is 10.5 Å². The topological polar surface area (TPSA) is 75.3 Å². The molecule has 0 saturated carbocycles. The van der Waals surface area contributed by atoms with Crippen LogP contribution in [0.2, 0.25) is 10.0 Å². The summed E-state index contributed by atoms with van der Waals surface area (Å²) in [7, 11) is -3.66. The van der Waals surface area contributed by atoms with E-state index in [2.05, 4.69) is 5.32 Å². The lowest BCUT2D eigenvalue weighted by atomic mass is 10.3. The number of carbonyl (C=O) groups excluding carboxylic acids is 1. The standard InChI is InChI=1S/C10H12Cl2N2O3S/c1-6(2)18(16,17)14-10(15)13-7-3-4-8(11)9(12)5-7/h3-6H,1-2H3,(H2,13,14,15). The summed E-state index contributed by atoms with van der Waals surface area (Å²) in [6, 6.07) is 3.58. The molecule has 0 atom stereocenters. The fourth-order valence-electron chi connectivity index (χ4n) is 0.978. The Bertz CT molecular complexity index is 558.